The molecule has 4 rings (SSSR count). The summed E-state index contributed by atoms with van der Waals surface area (Å²) in [5, 5.41) is 20.8. The van der Waals surface area contributed by atoms with Crippen LogP contribution in [-0.2, 0) is 21.1 Å². The number of H-pyrrole nitrogens is 1. The lowest BCUT2D eigenvalue weighted by atomic mass is 10.1. The highest BCUT2D eigenvalue weighted by atomic mass is 32.5. The molecule has 16 heteroatoms. The van der Waals surface area contributed by atoms with Crippen LogP contribution in [0.2, 0.25) is 0 Å². The molecule has 0 saturated carbocycles. The summed E-state index contributed by atoms with van der Waals surface area (Å²) in [6, 6.07) is 0. The smallest absolute Gasteiger partial charge is 0.294 e. The van der Waals surface area contributed by atoms with Gasteiger partial charge in [-0.3, -0.25) is 14.3 Å². The highest BCUT2D eigenvalue weighted by Crippen LogP contribution is 2.46. The summed E-state index contributed by atoms with van der Waals surface area (Å²) in [6.45, 7) is -3.91. The third kappa shape index (κ3) is 3.42. The van der Waals surface area contributed by atoms with Crippen molar-refractivity contribution in [1.29, 1.82) is 0 Å². The number of rotatable bonds is 5. The maximum atomic E-state index is 11.9. The van der Waals surface area contributed by atoms with Gasteiger partial charge in [-0.2, -0.15) is 4.98 Å². The number of nitrogens with two attached hydrogens (primary N) is 2. The Kier molecular flexibility index (Phi) is 4.90. The summed E-state index contributed by atoms with van der Waals surface area (Å²) < 4.78 is 13.4. The topological polar surface area (TPSA) is 213 Å². The first-order valence-corrected chi connectivity index (χ1v) is 10.8. The van der Waals surface area contributed by atoms with Crippen LogP contribution in [0.1, 0.15) is 6.23 Å². The van der Waals surface area contributed by atoms with Crippen LogP contribution in [0.25, 0.3) is 11.2 Å². The van der Waals surface area contributed by atoms with E-state index < -0.39 is 36.7 Å². The summed E-state index contributed by atoms with van der Waals surface area (Å²) in [5.74, 6) is -0.170. The van der Waals surface area contributed by atoms with Crippen molar-refractivity contribution in [3.8, 4) is 0 Å². The second-order valence-corrected chi connectivity index (χ2v) is 9.34. The lowest BCUT2D eigenvalue weighted by molar-refractivity contribution is -0.0475. The fraction of sp³-hybridized carbons (Fsp3) is 0.385. The van der Waals surface area contributed by atoms with E-state index >= 15 is 0 Å². The molecule has 1 aliphatic rings. The number of hydrogen-bond donors (Lipinski definition) is 6. The Morgan fingerprint density at radius 1 is 1.34 bits per heavy atom. The second-order valence-electron chi connectivity index (χ2n) is 6.24. The Morgan fingerprint density at radius 2 is 2.10 bits per heavy atom. The number of aliphatic hydroxyl groups is 2. The van der Waals surface area contributed by atoms with E-state index in [0.717, 1.165) is 4.34 Å². The average molecular weight is 444 g/mol. The highest BCUT2D eigenvalue weighted by molar-refractivity contribution is 8.08. The molecule has 0 aromatic carbocycles. The third-order valence-electron chi connectivity index (χ3n) is 4.39. The average Bonchev–Trinajstić information content (AvgIpc) is 3.33. The van der Waals surface area contributed by atoms with E-state index in [1.807, 2.05) is 0 Å². The molecule has 0 bridgehead atoms. The molecular formula is C13H17N8O6PS. The SMILES string of the molecule is Nc1nc2c(ncn2[C@@H]2O[C@H](COP(O)(=S)n3ccnc3N)[C@@H](O)[C@H]2O)c(=O)[nH]1. The zero-order valence-corrected chi connectivity index (χ0v) is 16.3. The van der Waals surface area contributed by atoms with Crippen molar-refractivity contribution in [2.45, 2.75) is 24.5 Å². The molecule has 3 aromatic heterocycles. The molecular weight excluding hydrogens is 427 g/mol. The van der Waals surface area contributed by atoms with Gasteiger partial charge in [-0.15, -0.1) is 0 Å². The van der Waals surface area contributed by atoms with Crippen molar-refractivity contribution in [2.75, 3.05) is 18.1 Å². The first kappa shape index (κ1) is 19.9. The zero-order valence-electron chi connectivity index (χ0n) is 14.6. The fourth-order valence-corrected chi connectivity index (χ4v) is 4.58. The first-order chi connectivity index (χ1) is 13.7. The van der Waals surface area contributed by atoms with Gasteiger partial charge in [-0.05, 0) is 11.8 Å². The molecule has 1 saturated heterocycles. The molecule has 1 aliphatic heterocycles. The van der Waals surface area contributed by atoms with Gasteiger partial charge in [-0.25, -0.2) is 14.3 Å². The molecule has 156 valence electrons. The molecule has 3 aromatic rings. The number of anilines is 2. The second kappa shape index (κ2) is 7.14. The fourth-order valence-electron chi connectivity index (χ4n) is 2.98. The van der Waals surface area contributed by atoms with Gasteiger partial charge >= 0.3 is 0 Å². The molecule has 29 heavy (non-hydrogen) atoms. The Morgan fingerprint density at radius 3 is 2.79 bits per heavy atom. The maximum Gasteiger partial charge on any atom is 0.294 e. The van der Waals surface area contributed by atoms with Crippen molar-refractivity contribution in [2.24, 2.45) is 0 Å². The monoisotopic (exact) mass is 444 g/mol. The van der Waals surface area contributed by atoms with E-state index in [-0.39, 0.29) is 29.7 Å². The summed E-state index contributed by atoms with van der Waals surface area (Å²) in [6.07, 6.45) is -1.02. The number of aromatic nitrogens is 6. The van der Waals surface area contributed by atoms with E-state index in [0.29, 0.717) is 0 Å². The van der Waals surface area contributed by atoms with Crippen LogP contribution in [0.15, 0.2) is 23.5 Å². The molecule has 1 fully saturated rings. The lowest BCUT2D eigenvalue weighted by Crippen LogP contribution is -2.33. The number of nitrogens with one attached hydrogen (secondary N) is 1. The predicted octanol–water partition coefficient (Wildman–Crippen LogP) is -2.12. The van der Waals surface area contributed by atoms with Crippen LogP contribution < -0.4 is 17.0 Å². The van der Waals surface area contributed by atoms with Crippen LogP contribution in [0, 0.1) is 0 Å². The van der Waals surface area contributed by atoms with Crippen LogP contribution in [-0.4, -0.2) is 68.9 Å². The Balaban J connectivity index is 1.55. The number of hydrogen-bond acceptors (Lipinski definition) is 11. The Labute approximate surface area is 167 Å². The number of ether oxygens (including phenoxy) is 1. The van der Waals surface area contributed by atoms with Crippen molar-refractivity contribution >= 4 is 41.5 Å². The minimum Gasteiger partial charge on any atom is -0.387 e. The van der Waals surface area contributed by atoms with Crippen molar-refractivity contribution in [3.63, 3.8) is 0 Å². The van der Waals surface area contributed by atoms with Crippen molar-refractivity contribution < 1.29 is 24.4 Å². The lowest BCUT2D eigenvalue weighted by Gasteiger charge is -2.21. The summed E-state index contributed by atoms with van der Waals surface area (Å²) in [5.41, 5.74) is 10.7. The van der Waals surface area contributed by atoms with Crippen molar-refractivity contribution in [1.82, 2.24) is 28.8 Å². The van der Waals surface area contributed by atoms with Gasteiger partial charge in [-0.1, -0.05) is 0 Å². The zero-order chi connectivity index (χ0) is 20.9. The van der Waals surface area contributed by atoms with Gasteiger partial charge < -0.3 is 35.8 Å². The standard InChI is InChI=1S/C13H17N8O6PS/c14-12-18-9-6(10(24)19-12)17-4-20(9)11-8(23)7(22)5(27-11)3-26-28(25,29)21-2-1-16-13(21)15/h1-2,4-5,7-8,11,22-23H,3H2,(H2,15,16)(H,25,29)(H3,14,18,19,24)/t5-,7-,8-,11-,28?/m1/s1. The minimum atomic E-state index is -3.57. The number of nitrogen functional groups attached to an aromatic ring is 2. The Hall–Kier alpha value is -2.39. The maximum absolute atomic E-state index is 11.9. The number of aliphatic hydroxyl groups excluding tert-OH is 2. The van der Waals surface area contributed by atoms with Gasteiger partial charge in [0.2, 0.25) is 11.9 Å². The Bertz CT molecular complexity index is 1160. The molecule has 0 radical (unpaired) electrons. The van der Waals surface area contributed by atoms with Crippen LogP contribution in [0.3, 0.4) is 0 Å². The minimum absolute atomic E-state index is 0.00867. The quantitative estimate of drug-likeness (QED) is 0.233. The van der Waals surface area contributed by atoms with E-state index in [4.69, 9.17) is 32.5 Å². The van der Waals surface area contributed by atoms with E-state index in [9.17, 15) is 19.9 Å². The predicted molar refractivity (Wildman–Crippen MR) is 103 cm³/mol. The van der Waals surface area contributed by atoms with E-state index in [2.05, 4.69) is 19.9 Å². The molecule has 14 nitrogen and oxygen atoms in total. The molecule has 4 heterocycles. The molecule has 1 unspecified atom stereocenters. The third-order valence-corrected chi connectivity index (χ3v) is 6.60. The molecule has 0 amide bonds. The van der Waals surface area contributed by atoms with E-state index in [1.165, 1.54) is 23.3 Å². The van der Waals surface area contributed by atoms with Crippen LogP contribution in [0.4, 0.5) is 11.9 Å². The molecule has 0 spiro atoms. The molecule has 0 aliphatic carbocycles. The van der Waals surface area contributed by atoms with Gasteiger partial charge in [0.05, 0.1) is 12.9 Å². The normalized spacial score (nSPS) is 26.7. The summed E-state index contributed by atoms with van der Waals surface area (Å²) in [4.78, 5) is 36.3. The number of fused-ring (bicyclic) bond motifs is 1. The summed E-state index contributed by atoms with van der Waals surface area (Å²) >= 11 is 5.07. The van der Waals surface area contributed by atoms with Crippen molar-refractivity contribution in [3.05, 3.63) is 29.1 Å². The van der Waals surface area contributed by atoms with Gasteiger partial charge in [0.15, 0.2) is 17.4 Å². The van der Waals surface area contributed by atoms with Crippen LogP contribution >= 0.6 is 6.64 Å². The van der Waals surface area contributed by atoms with Gasteiger partial charge in [0, 0.05) is 12.4 Å². The highest BCUT2D eigenvalue weighted by Gasteiger charge is 2.45. The first-order valence-electron chi connectivity index (χ1n) is 8.20. The number of aromatic amines is 1. The van der Waals surface area contributed by atoms with Crippen LogP contribution in [0.5, 0.6) is 0 Å². The number of nitrogens with zero attached hydrogens (tertiary/aromatic N) is 5. The summed E-state index contributed by atoms with van der Waals surface area (Å²) in [7, 11) is 0. The molecule has 8 N–H and O–H groups in total. The molecule has 5 atom stereocenters. The number of imidazole rings is 2. The van der Waals surface area contributed by atoms with E-state index in [1.54, 1.807) is 0 Å². The van der Waals surface area contributed by atoms with Gasteiger partial charge in [0.25, 0.3) is 12.2 Å². The van der Waals surface area contributed by atoms with Gasteiger partial charge in [0.1, 0.15) is 18.3 Å². The largest absolute Gasteiger partial charge is 0.387 e.